The van der Waals surface area contributed by atoms with Gasteiger partial charge in [-0.2, -0.15) is 0 Å². The third kappa shape index (κ3) is 5.78. The Kier molecular flexibility index (Phi) is 7.73. The van der Waals surface area contributed by atoms with Gasteiger partial charge in [-0.15, -0.1) is 0 Å². The molecule has 16 heavy (non-hydrogen) atoms. The zero-order valence-electron chi connectivity index (χ0n) is 10.5. The molecule has 2 nitrogen and oxygen atoms in total. The van der Waals surface area contributed by atoms with Gasteiger partial charge in [0, 0.05) is 18.7 Å². The molecule has 0 unspecified atom stereocenters. The molecule has 1 heterocycles. The summed E-state index contributed by atoms with van der Waals surface area (Å²) in [6.07, 6.45) is 11.5. The minimum atomic E-state index is 0.341. The number of carbonyl (C=O) groups excluding carboxylic acids is 1. The molecule has 1 aliphatic heterocycles. The first-order chi connectivity index (χ1) is 7.84. The topological polar surface area (TPSA) is 20.3 Å². The van der Waals surface area contributed by atoms with Crippen LogP contribution in [0.3, 0.4) is 0 Å². The lowest BCUT2D eigenvalue weighted by atomic mass is 10.1. The second-order valence-electron chi connectivity index (χ2n) is 4.55. The summed E-state index contributed by atoms with van der Waals surface area (Å²) in [5.41, 5.74) is 0. The van der Waals surface area contributed by atoms with E-state index in [4.69, 9.17) is 0 Å². The predicted octanol–water partition coefficient (Wildman–Crippen LogP) is 4.01. The maximum absolute atomic E-state index is 11.3. The van der Waals surface area contributed by atoms with Crippen molar-refractivity contribution in [3.8, 4) is 0 Å². The van der Waals surface area contributed by atoms with E-state index < -0.39 is 0 Å². The number of hydrogen-bond acceptors (Lipinski definition) is 2. The molecular formula is C13H25NOS. The molecule has 0 aromatic rings. The Morgan fingerprint density at radius 1 is 1.06 bits per heavy atom. The fourth-order valence-corrected chi connectivity index (χ4v) is 3.00. The zero-order chi connectivity index (χ0) is 11.6. The maximum atomic E-state index is 11.3. The normalized spacial score (nSPS) is 16.1. The first kappa shape index (κ1) is 13.9. The van der Waals surface area contributed by atoms with E-state index in [1.54, 1.807) is 11.9 Å². The van der Waals surface area contributed by atoms with Gasteiger partial charge in [0.25, 0.3) is 0 Å². The molecule has 1 rings (SSSR count). The van der Waals surface area contributed by atoms with E-state index in [0.717, 1.165) is 18.7 Å². The minimum absolute atomic E-state index is 0.341. The Morgan fingerprint density at radius 2 is 1.69 bits per heavy atom. The maximum Gasteiger partial charge on any atom is 0.233 e. The fraction of sp³-hybridized carbons (Fsp3) is 0.923. The quantitative estimate of drug-likeness (QED) is 0.450. The van der Waals surface area contributed by atoms with Gasteiger partial charge in [0.05, 0.1) is 0 Å². The van der Waals surface area contributed by atoms with Crippen LogP contribution in [-0.2, 0) is 4.79 Å². The van der Waals surface area contributed by atoms with E-state index in [9.17, 15) is 4.79 Å². The highest BCUT2D eigenvalue weighted by molar-refractivity contribution is 7.97. The lowest BCUT2D eigenvalue weighted by molar-refractivity contribution is -0.124. The molecule has 94 valence electrons. The molecule has 0 saturated carbocycles. The fourth-order valence-electron chi connectivity index (χ4n) is 2.02. The number of hydrogen-bond donors (Lipinski definition) is 0. The van der Waals surface area contributed by atoms with Gasteiger partial charge < -0.3 is 0 Å². The SMILES string of the molecule is CCCCCCCCCCN1SCCC1=O. The van der Waals surface area contributed by atoms with Gasteiger partial charge in [-0.3, -0.25) is 9.10 Å². The molecule has 0 aliphatic carbocycles. The molecular weight excluding hydrogens is 218 g/mol. The summed E-state index contributed by atoms with van der Waals surface area (Å²) >= 11 is 1.71. The van der Waals surface area contributed by atoms with Crippen molar-refractivity contribution in [1.29, 1.82) is 0 Å². The van der Waals surface area contributed by atoms with Crippen LogP contribution in [0.4, 0.5) is 0 Å². The van der Waals surface area contributed by atoms with E-state index >= 15 is 0 Å². The summed E-state index contributed by atoms with van der Waals surface area (Å²) < 4.78 is 1.96. The van der Waals surface area contributed by atoms with Crippen molar-refractivity contribution in [2.45, 2.75) is 64.7 Å². The summed E-state index contributed by atoms with van der Waals surface area (Å²) in [4.78, 5) is 11.3. The number of rotatable bonds is 9. The van der Waals surface area contributed by atoms with Gasteiger partial charge in [-0.05, 0) is 18.4 Å². The first-order valence-electron chi connectivity index (χ1n) is 6.78. The minimum Gasteiger partial charge on any atom is -0.286 e. The third-order valence-electron chi connectivity index (χ3n) is 3.06. The Bertz CT molecular complexity index is 196. The largest absolute Gasteiger partial charge is 0.286 e. The van der Waals surface area contributed by atoms with Crippen LogP contribution in [0.15, 0.2) is 0 Å². The molecule has 3 heteroatoms. The molecule has 1 aliphatic rings. The number of unbranched alkanes of at least 4 members (excludes halogenated alkanes) is 7. The van der Waals surface area contributed by atoms with Crippen LogP contribution in [0.25, 0.3) is 0 Å². The van der Waals surface area contributed by atoms with Crippen molar-refractivity contribution < 1.29 is 4.79 Å². The summed E-state index contributed by atoms with van der Waals surface area (Å²) in [6, 6.07) is 0. The predicted molar refractivity (Wildman–Crippen MR) is 71.4 cm³/mol. The van der Waals surface area contributed by atoms with Crippen LogP contribution in [0.5, 0.6) is 0 Å². The number of nitrogens with zero attached hydrogens (tertiary/aromatic N) is 1. The smallest absolute Gasteiger partial charge is 0.233 e. The van der Waals surface area contributed by atoms with Gasteiger partial charge in [0.2, 0.25) is 5.91 Å². The van der Waals surface area contributed by atoms with E-state index in [2.05, 4.69) is 6.92 Å². The Balaban J connectivity index is 1.83. The monoisotopic (exact) mass is 243 g/mol. The Morgan fingerprint density at radius 3 is 2.25 bits per heavy atom. The summed E-state index contributed by atoms with van der Waals surface area (Å²) in [6.45, 7) is 3.23. The molecule has 0 spiro atoms. The molecule has 0 atom stereocenters. The average molecular weight is 243 g/mol. The highest BCUT2D eigenvalue weighted by atomic mass is 32.2. The van der Waals surface area contributed by atoms with Gasteiger partial charge >= 0.3 is 0 Å². The van der Waals surface area contributed by atoms with Crippen molar-refractivity contribution >= 4 is 17.9 Å². The molecule has 0 aromatic carbocycles. The lowest BCUT2D eigenvalue weighted by Crippen LogP contribution is -2.19. The Hall–Kier alpha value is -0.180. The molecule has 1 amide bonds. The molecule has 0 radical (unpaired) electrons. The average Bonchev–Trinajstić information content (AvgIpc) is 2.68. The second kappa shape index (κ2) is 8.91. The van der Waals surface area contributed by atoms with Crippen molar-refractivity contribution in [2.75, 3.05) is 12.3 Å². The van der Waals surface area contributed by atoms with Gasteiger partial charge in [0.1, 0.15) is 0 Å². The van der Waals surface area contributed by atoms with E-state index in [1.165, 1.54) is 51.4 Å². The van der Waals surface area contributed by atoms with Gasteiger partial charge in [0.15, 0.2) is 0 Å². The van der Waals surface area contributed by atoms with Crippen LogP contribution in [-0.4, -0.2) is 22.5 Å². The van der Waals surface area contributed by atoms with Gasteiger partial charge in [-0.1, -0.05) is 51.9 Å². The molecule has 1 saturated heterocycles. The molecule has 0 aromatic heterocycles. The molecule has 0 N–H and O–H groups in total. The van der Waals surface area contributed by atoms with Crippen molar-refractivity contribution in [3.05, 3.63) is 0 Å². The summed E-state index contributed by atoms with van der Waals surface area (Å²) in [7, 11) is 0. The molecule has 1 fully saturated rings. The van der Waals surface area contributed by atoms with Crippen LogP contribution < -0.4 is 0 Å². The van der Waals surface area contributed by atoms with Crippen LogP contribution in [0.2, 0.25) is 0 Å². The van der Waals surface area contributed by atoms with E-state index in [1.807, 2.05) is 4.31 Å². The second-order valence-corrected chi connectivity index (χ2v) is 5.66. The first-order valence-corrected chi connectivity index (χ1v) is 7.72. The van der Waals surface area contributed by atoms with E-state index in [0.29, 0.717) is 5.91 Å². The zero-order valence-corrected chi connectivity index (χ0v) is 11.4. The van der Waals surface area contributed by atoms with Crippen molar-refractivity contribution in [3.63, 3.8) is 0 Å². The molecule has 0 bridgehead atoms. The number of amides is 1. The highest BCUT2D eigenvalue weighted by Gasteiger charge is 2.19. The number of carbonyl (C=O) groups is 1. The standard InChI is InChI=1S/C13H25NOS/c1-2-3-4-5-6-7-8-9-11-14-13(15)10-12-16-14/h2-12H2,1H3. The van der Waals surface area contributed by atoms with Crippen LogP contribution in [0.1, 0.15) is 64.7 Å². The van der Waals surface area contributed by atoms with Crippen LogP contribution in [0, 0.1) is 0 Å². The van der Waals surface area contributed by atoms with Crippen molar-refractivity contribution in [2.24, 2.45) is 0 Å². The summed E-state index contributed by atoms with van der Waals surface area (Å²) in [5.74, 6) is 1.34. The Labute approximate surface area is 104 Å². The van der Waals surface area contributed by atoms with Crippen molar-refractivity contribution in [1.82, 2.24) is 4.31 Å². The van der Waals surface area contributed by atoms with E-state index in [-0.39, 0.29) is 0 Å². The highest BCUT2D eigenvalue weighted by Crippen LogP contribution is 2.22. The third-order valence-corrected chi connectivity index (χ3v) is 4.14. The van der Waals surface area contributed by atoms with Gasteiger partial charge in [-0.25, -0.2) is 0 Å². The summed E-state index contributed by atoms with van der Waals surface area (Å²) in [5, 5.41) is 0. The lowest BCUT2D eigenvalue weighted by Gasteiger charge is -2.13. The van der Waals surface area contributed by atoms with Crippen LogP contribution >= 0.6 is 11.9 Å².